The molecule has 1 atom stereocenters. The van der Waals surface area contributed by atoms with E-state index in [4.69, 9.17) is 9.47 Å². The number of benzene rings is 1. The van der Waals surface area contributed by atoms with Gasteiger partial charge in [-0.3, -0.25) is 10.1 Å². The number of ether oxygens (including phenoxy) is 2. The van der Waals surface area contributed by atoms with E-state index >= 15 is 0 Å². The summed E-state index contributed by atoms with van der Waals surface area (Å²) in [5.74, 6) is 0.157. The van der Waals surface area contributed by atoms with Crippen molar-refractivity contribution >= 4 is 17.7 Å². The maximum Gasteiger partial charge on any atom is 0.422 e. The number of nitro groups is 2. The summed E-state index contributed by atoms with van der Waals surface area (Å²) in [6.07, 6.45) is -0.0485. The molecule has 0 aliphatic carbocycles. The second-order valence-corrected chi connectivity index (χ2v) is 7.50. The molecule has 156 valence electrons. The van der Waals surface area contributed by atoms with Gasteiger partial charge < -0.3 is 14.4 Å². The Balaban J connectivity index is 1.69. The van der Waals surface area contributed by atoms with Crippen LogP contribution in [0.2, 0.25) is 0 Å². The van der Waals surface area contributed by atoms with Crippen LogP contribution in [0.1, 0.15) is 20.3 Å². The molecule has 1 aromatic rings. The molecule has 2 fully saturated rings. The first-order valence-electron chi connectivity index (χ1n) is 9.00. The fraction of sp³-hybridized carbons (Fsp3) is 0.529. The summed E-state index contributed by atoms with van der Waals surface area (Å²) in [7, 11) is 0. The highest BCUT2D eigenvalue weighted by Gasteiger charge is 2.39. The van der Waals surface area contributed by atoms with E-state index in [1.54, 1.807) is 4.90 Å². The van der Waals surface area contributed by atoms with Gasteiger partial charge in [0.1, 0.15) is 10.9 Å². The van der Waals surface area contributed by atoms with Gasteiger partial charge in [0.25, 0.3) is 11.6 Å². The van der Waals surface area contributed by atoms with E-state index in [1.807, 2.05) is 13.8 Å². The molecule has 0 radical (unpaired) electrons. The van der Waals surface area contributed by atoms with Crippen LogP contribution < -0.4 is 4.74 Å². The van der Waals surface area contributed by atoms with E-state index in [2.05, 4.69) is 5.10 Å². The molecule has 3 rings (SSSR count). The van der Waals surface area contributed by atoms with Crippen LogP contribution in [0.3, 0.4) is 0 Å². The van der Waals surface area contributed by atoms with Crippen molar-refractivity contribution in [1.82, 2.24) is 9.80 Å². The summed E-state index contributed by atoms with van der Waals surface area (Å²) in [6, 6.07) is 4.97. The lowest BCUT2D eigenvalue weighted by Crippen LogP contribution is -2.41. The van der Waals surface area contributed by atoms with Crippen molar-refractivity contribution in [3.8, 4) is 5.75 Å². The zero-order valence-corrected chi connectivity index (χ0v) is 16.0. The normalized spacial score (nSPS) is 22.1. The molecule has 2 aliphatic heterocycles. The first kappa shape index (κ1) is 20.5. The fourth-order valence-corrected chi connectivity index (χ4v) is 3.50. The predicted octanol–water partition coefficient (Wildman–Crippen LogP) is 2.07. The van der Waals surface area contributed by atoms with Gasteiger partial charge in [0.05, 0.1) is 23.7 Å². The second-order valence-electron chi connectivity index (χ2n) is 7.50. The Bertz CT molecular complexity index is 839. The molecular weight excluding hydrogens is 386 g/mol. The predicted molar refractivity (Wildman–Crippen MR) is 100.0 cm³/mol. The van der Waals surface area contributed by atoms with Crippen molar-refractivity contribution < 1.29 is 24.2 Å². The van der Waals surface area contributed by atoms with E-state index in [1.165, 1.54) is 24.3 Å². The number of carbonyl (C=O) groups excluding carboxylic acids is 1. The number of carbonyl (C=O) groups is 1. The zero-order valence-electron chi connectivity index (χ0n) is 16.0. The van der Waals surface area contributed by atoms with E-state index in [0.717, 1.165) is 11.3 Å². The molecule has 12 nitrogen and oxygen atoms in total. The summed E-state index contributed by atoms with van der Waals surface area (Å²) >= 11 is 0. The lowest BCUT2D eigenvalue weighted by Gasteiger charge is -2.22. The molecule has 2 saturated heterocycles. The standard InChI is InChI=1S/C17H21N5O7/c1-17(2)9-12(11-28-17)10-19-7-8-20(15(19)18-22(26)27)16(23)29-14-5-3-13(4-6-14)21(24)25/h3-6,12H,7-11H2,1-2H3. The van der Waals surface area contributed by atoms with Crippen molar-refractivity contribution in [1.29, 1.82) is 0 Å². The van der Waals surface area contributed by atoms with E-state index in [-0.39, 0.29) is 35.5 Å². The van der Waals surface area contributed by atoms with Crippen molar-refractivity contribution in [2.24, 2.45) is 11.0 Å². The summed E-state index contributed by atoms with van der Waals surface area (Å²) in [5, 5.41) is 24.2. The lowest BCUT2D eigenvalue weighted by atomic mass is 9.97. The number of nitrogens with zero attached hydrogens (tertiary/aromatic N) is 5. The second kappa shape index (κ2) is 7.99. The smallest absolute Gasteiger partial charge is 0.410 e. The molecule has 2 heterocycles. The van der Waals surface area contributed by atoms with Gasteiger partial charge in [-0.1, -0.05) is 0 Å². The van der Waals surface area contributed by atoms with E-state index in [0.29, 0.717) is 19.7 Å². The van der Waals surface area contributed by atoms with Gasteiger partial charge in [-0.25, -0.2) is 19.8 Å². The van der Waals surface area contributed by atoms with Gasteiger partial charge in [-0.2, -0.15) is 0 Å². The van der Waals surface area contributed by atoms with Gasteiger partial charge in [0.15, 0.2) is 5.03 Å². The summed E-state index contributed by atoms with van der Waals surface area (Å²) in [4.78, 5) is 36.4. The molecule has 2 aliphatic rings. The fourth-order valence-electron chi connectivity index (χ4n) is 3.50. The molecule has 0 aromatic heterocycles. The number of nitro benzene ring substituents is 1. The van der Waals surface area contributed by atoms with Gasteiger partial charge >= 0.3 is 6.09 Å². The van der Waals surface area contributed by atoms with Crippen LogP contribution >= 0.6 is 0 Å². The molecule has 1 unspecified atom stereocenters. The Morgan fingerprint density at radius 2 is 1.97 bits per heavy atom. The summed E-state index contributed by atoms with van der Waals surface area (Å²) < 4.78 is 10.9. The van der Waals surface area contributed by atoms with Gasteiger partial charge in [-0.05, 0) is 32.4 Å². The number of guanidine groups is 1. The Morgan fingerprint density at radius 3 is 2.52 bits per heavy atom. The van der Waals surface area contributed by atoms with Gasteiger partial charge in [-0.15, -0.1) is 0 Å². The third-order valence-electron chi connectivity index (χ3n) is 4.73. The van der Waals surface area contributed by atoms with Crippen LogP contribution in [0.15, 0.2) is 29.4 Å². The Hall–Kier alpha value is -3.28. The Labute approximate surface area is 166 Å². The van der Waals surface area contributed by atoms with Gasteiger partial charge in [0.2, 0.25) is 0 Å². The largest absolute Gasteiger partial charge is 0.422 e. The Morgan fingerprint density at radius 1 is 1.28 bits per heavy atom. The summed E-state index contributed by atoms with van der Waals surface area (Å²) in [6.45, 7) is 5.52. The SMILES string of the molecule is CC1(C)CC(CN2CCN(C(=O)Oc3ccc([N+](=O)[O-])cc3)C2=N[N+](=O)[O-])CO1. The molecule has 12 heteroatoms. The average molecular weight is 407 g/mol. The highest BCUT2D eigenvalue weighted by Crippen LogP contribution is 2.30. The van der Waals surface area contributed by atoms with Crippen LogP contribution in [-0.2, 0) is 4.74 Å². The Kier molecular flexibility index (Phi) is 5.64. The van der Waals surface area contributed by atoms with Crippen LogP contribution in [0.4, 0.5) is 10.5 Å². The molecule has 0 spiro atoms. The minimum absolute atomic E-state index is 0.0884. The monoisotopic (exact) mass is 407 g/mol. The number of hydrogen-bond acceptors (Lipinski definition) is 7. The molecule has 29 heavy (non-hydrogen) atoms. The summed E-state index contributed by atoms with van der Waals surface area (Å²) in [5.41, 5.74) is -0.395. The van der Waals surface area contributed by atoms with Crippen LogP contribution in [-0.4, -0.2) is 63.7 Å². The third-order valence-corrected chi connectivity index (χ3v) is 4.73. The molecule has 1 aromatic carbocycles. The minimum atomic E-state index is -0.852. The van der Waals surface area contributed by atoms with Crippen molar-refractivity contribution in [3.63, 3.8) is 0 Å². The number of hydrazone groups is 1. The van der Waals surface area contributed by atoms with E-state index in [9.17, 15) is 25.0 Å². The highest BCUT2D eigenvalue weighted by molar-refractivity contribution is 5.96. The average Bonchev–Trinajstić information content (AvgIpc) is 3.18. The number of hydrogen-bond donors (Lipinski definition) is 0. The zero-order chi connectivity index (χ0) is 21.2. The topological polar surface area (TPSA) is 141 Å². The van der Waals surface area contributed by atoms with Crippen molar-refractivity contribution in [3.05, 3.63) is 44.5 Å². The van der Waals surface area contributed by atoms with Crippen LogP contribution in [0, 0.1) is 26.1 Å². The molecule has 1 amide bonds. The third kappa shape index (κ3) is 4.96. The van der Waals surface area contributed by atoms with Crippen molar-refractivity contribution in [2.45, 2.75) is 25.9 Å². The number of rotatable bonds is 5. The van der Waals surface area contributed by atoms with Crippen LogP contribution in [0.5, 0.6) is 5.75 Å². The lowest BCUT2D eigenvalue weighted by molar-refractivity contribution is -0.486. The first-order valence-corrected chi connectivity index (χ1v) is 9.00. The highest BCUT2D eigenvalue weighted by atomic mass is 16.7. The maximum absolute atomic E-state index is 12.5. The molecule has 0 bridgehead atoms. The molecule has 0 N–H and O–H groups in total. The van der Waals surface area contributed by atoms with E-state index < -0.39 is 16.0 Å². The molecule has 0 saturated carbocycles. The number of amides is 1. The minimum Gasteiger partial charge on any atom is -0.410 e. The maximum atomic E-state index is 12.5. The molecular formula is C17H21N5O7. The van der Waals surface area contributed by atoms with Crippen LogP contribution in [0.25, 0.3) is 0 Å². The first-order chi connectivity index (χ1) is 13.6. The number of non-ortho nitro benzene ring substituents is 1. The van der Waals surface area contributed by atoms with Gasteiger partial charge in [0, 0.05) is 31.1 Å². The van der Waals surface area contributed by atoms with Crippen molar-refractivity contribution in [2.75, 3.05) is 26.2 Å². The quantitative estimate of drug-likeness (QED) is 0.533.